The van der Waals surface area contributed by atoms with Gasteiger partial charge in [0, 0.05) is 16.6 Å². The van der Waals surface area contributed by atoms with Crippen LogP contribution < -0.4 is 0 Å². The van der Waals surface area contributed by atoms with E-state index in [4.69, 9.17) is 10.5 Å². The SMILES string of the molecule is CCCS(=O)CC(=N)C(=O)O. The standard InChI is InChI=1S/C6H11NO3S/c1-2-3-11(10)4-5(7)6(8)9/h7H,2-4H2,1H3,(H,8,9). The van der Waals surface area contributed by atoms with Crippen molar-refractivity contribution >= 4 is 22.5 Å². The van der Waals surface area contributed by atoms with Gasteiger partial charge < -0.3 is 5.11 Å². The summed E-state index contributed by atoms with van der Waals surface area (Å²) in [7, 11) is -1.18. The molecule has 0 heterocycles. The lowest BCUT2D eigenvalue weighted by Crippen LogP contribution is -2.20. The largest absolute Gasteiger partial charge is 0.477 e. The first-order valence-corrected chi connectivity index (χ1v) is 4.72. The minimum atomic E-state index is -1.28. The van der Waals surface area contributed by atoms with Crippen LogP contribution in [0.15, 0.2) is 0 Å². The van der Waals surface area contributed by atoms with Crippen LogP contribution >= 0.6 is 0 Å². The summed E-state index contributed by atoms with van der Waals surface area (Å²) in [6.07, 6.45) is 0.750. The smallest absolute Gasteiger partial charge is 0.350 e. The van der Waals surface area contributed by atoms with Gasteiger partial charge in [0.1, 0.15) is 5.71 Å². The van der Waals surface area contributed by atoms with Crippen molar-refractivity contribution in [1.29, 1.82) is 5.41 Å². The third-order valence-electron chi connectivity index (χ3n) is 0.995. The van der Waals surface area contributed by atoms with E-state index in [1.165, 1.54) is 0 Å². The molecule has 0 amide bonds. The average molecular weight is 177 g/mol. The number of aliphatic carboxylic acids is 1. The summed E-state index contributed by atoms with van der Waals surface area (Å²) >= 11 is 0. The van der Waals surface area contributed by atoms with Crippen molar-refractivity contribution in [3.63, 3.8) is 0 Å². The van der Waals surface area contributed by atoms with Gasteiger partial charge in [-0.25, -0.2) is 4.79 Å². The third kappa shape index (κ3) is 4.66. The predicted octanol–water partition coefficient (Wildman–Crippen LogP) is 0.249. The Balaban J connectivity index is 3.76. The van der Waals surface area contributed by atoms with Crippen molar-refractivity contribution < 1.29 is 14.1 Å². The fourth-order valence-electron chi connectivity index (χ4n) is 0.523. The van der Waals surface area contributed by atoms with Crippen LogP contribution in [-0.4, -0.2) is 32.5 Å². The van der Waals surface area contributed by atoms with Gasteiger partial charge in [-0.3, -0.25) is 9.62 Å². The highest BCUT2D eigenvalue weighted by atomic mass is 32.2. The van der Waals surface area contributed by atoms with Crippen LogP contribution in [0.2, 0.25) is 0 Å². The highest BCUT2D eigenvalue weighted by molar-refractivity contribution is 7.85. The van der Waals surface area contributed by atoms with Gasteiger partial charge in [0.25, 0.3) is 0 Å². The zero-order valence-corrected chi connectivity index (χ0v) is 7.11. The highest BCUT2D eigenvalue weighted by Crippen LogP contribution is 1.88. The molecule has 5 heteroatoms. The predicted molar refractivity (Wildman–Crippen MR) is 43.5 cm³/mol. The van der Waals surface area contributed by atoms with Crippen LogP contribution in [0, 0.1) is 5.41 Å². The number of carboxylic acids is 1. The maximum atomic E-state index is 10.9. The zero-order valence-electron chi connectivity index (χ0n) is 6.29. The first-order valence-electron chi connectivity index (χ1n) is 3.23. The normalized spacial score (nSPS) is 12.5. The van der Waals surface area contributed by atoms with E-state index in [2.05, 4.69) is 0 Å². The molecule has 0 rings (SSSR count). The number of carboxylic acid groups (broad SMARTS) is 1. The van der Waals surface area contributed by atoms with Crippen molar-refractivity contribution in [3.8, 4) is 0 Å². The monoisotopic (exact) mass is 177 g/mol. The molecule has 0 aliphatic heterocycles. The first kappa shape index (κ1) is 10.3. The topological polar surface area (TPSA) is 78.2 Å². The molecular weight excluding hydrogens is 166 g/mol. The molecule has 0 bridgehead atoms. The molecule has 0 spiro atoms. The second kappa shape index (κ2) is 5.01. The molecule has 0 aromatic rings. The van der Waals surface area contributed by atoms with Gasteiger partial charge in [-0.2, -0.15) is 0 Å². The molecule has 4 nitrogen and oxygen atoms in total. The van der Waals surface area contributed by atoms with E-state index in [1.807, 2.05) is 6.92 Å². The van der Waals surface area contributed by atoms with Crippen LogP contribution in [0.4, 0.5) is 0 Å². The molecular formula is C6H11NO3S. The van der Waals surface area contributed by atoms with E-state index in [9.17, 15) is 9.00 Å². The van der Waals surface area contributed by atoms with Crippen molar-refractivity contribution in [3.05, 3.63) is 0 Å². The lowest BCUT2D eigenvalue weighted by molar-refractivity contribution is -0.129. The average Bonchev–Trinajstić information content (AvgIpc) is 1.87. The maximum absolute atomic E-state index is 10.9. The van der Waals surface area contributed by atoms with Gasteiger partial charge >= 0.3 is 5.97 Å². The van der Waals surface area contributed by atoms with E-state index in [0.29, 0.717) is 5.75 Å². The lowest BCUT2D eigenvalue weighted by atomic mass is 10.4. The Kier molecular flexibility index (Phi) is 4.69. The van der Waals surface area contributed by atoms with E-state index >= 15 is 0 Å². The third-order valence-corrected chi connectivity index (χ3v) is 2.47. The second-order valence-corrected chi connectivity index (χ2v) is 3.65. The molecule has 1 atom stereocenters. The van der Waals surface area contributed by atoms with Crippen LogP contribution in [0.1, 0.15) is 13.3 Å². The number of hydrogen-bond donors (Lipinski definition) is 2. The van der Waals surface area contributed by atoms with E-state index < -0.39 is 22.5 Å². The minimum absolute atomic E-state index is 0.136. The molecule has 0 aliphatic carbocycles. The van der Waals surface area contributed by atoms with Gasteiger partial charge in [-0.05, 0) is 6.42 Å². The molecule has 2 N–H and O–H groups in total. The quantitative estimate of drug-likeness (QED) is 0.591. The summed E-state index contributed by atoms with van der Waals surface area (Å²) in [6, 6.07) is 0. The summed E-state index contributed by atoms with van der Waals surface area (Å²) in [4.78, 5) is 10.1. The Labute approximate surface area is 67.6 Å². The summed E-state index contributed by atoms with van der Waals surface area (Å²) < 4.78 is 10.9. The number of rotatable bonds is 5. The number of hydrogen-bond acceptors (Lipinski definition) is 3. The molecule has 0 aromatic carbocycles. The Hall–Kier alpha value is -0.710. The molecule has 0 fully saturated rings. The van der Waals surface area contributed by atoms with Crippen molar-refractivity contribution in [1.82, 2.24) is 0 Å². The highest BCUT2D eigenvalue weighted by Gasteiger charge is 2.09. The van der Waals surface area contributed by atoms with Crippen molar-refractivity contribution in [2.75, 3.05) is 11.5 Å². The Morgan fingerprint density at radius 2 is 2.18 bits per heavy atom. The van der Waals surface area contributed by atoms with Gasteiger partial charge in [0.2, 0.25) is 0 Å². The lowest BCUT2D eigenvalue weighted by Gasteiger charge is -1.97. The molecule has 0 aliphatic rings. The Morgan fingerprint density at radius 3 is 2.55 bits per heavy atom. The van der Waals surface area contributed by atoms with Crippen molar-refractivity contribution in [2.24, 2.45) is 0 Å². The molecule has 1 unspecified atom stereocenters. The molecule has 64 valence electrons. The molecule has 0 saturated carbocycles. The second-order valence-electron chi connectivity index (χ2n) is 2.07. The van der Waals surface area contributed by atoms with Gasteiger partial charge in [0.05, 0.1) is 5.75 Å². The van der Waals surface area contributed by atoms with Crippen LogP contribution in [0.3, 0.4) is 0 Å². The van der Waals surface area contributed by atoms with Crippen molar-refractivity contribution in [2.45, 2.75) is 13.3 Å². The summed E-state index contributed by atoms with van der Waals surface area (Å²) in [5, 5.41) is 15.1. The fourth-order valence-corrected chi connectivity index (χ4v) is 1.57. The molecule has 0 aromatic heterocycles. The maximum Gasteiger partial charge on any atom is 0.350 e. The van der Waals surface area contributed by atoms with E-state index in [1.54, 1.807) is 0 Å². The number of carbonyl (C=O) groups is 1. The van der Waals surface area contributed by atoms with Gasteiger partial charge in [-0.1, -0.05) is 6.92 Å². The fraction of sp³-hybridized carbons (Fsp3) is 0.667. The molecule has 0 radical (unpaired) electrons. The van der Waals surface area contributed by atoms with E-state index in [0.717, 1.165) is 6.42 Å². The van der Waals surface area contributed by atoms with Crippen LogP contribution in [0.5, 0.6) is 0 Å². The van der Waals surface area contributed by atoms with Gasteiger partial charge in [-0.15, -0.1) is 0 Å². The molecule has 0 saturated heterocycles. The zero-order chi connectivity index (χ0) is 8.85. The first-order chi connectivity index (χ1) is 5.07. The number of nitrogens with one attached hydrogen (secondary N) is 1. The van der Waals surface area contributed by atoms with Crippen LogP contribution in [0.25, 0.3) is 0 Å². The summed E-state index contributed by atoms with van der Waals surface area (Å²) in [5.41, 5.74) is -0.475. The Morgan fingerprint density at radius 1 is 1.64 bits per heavy atom. The molecule has 11 heavy (non-hydrogen) atoms. The van der Waals surface area contributed by atoms with Crippen LogP contribution in [-0.2, 0) is 15.6 Å². The van der Waals surface area contributed by atoms with E-state index in [-0.39, 0.29) is 5.75 Å². The summed E-state index contributed by atoms with van der Waals surface area (Å²) in [5.74, 6) is -0.951. The Bertz CT molecular complexity index is 190. The summed E-state index contributed by atoms with van der Waals surface area (Å²) in [6.45, 7) is 1.86. The van der Waals surface area contributed by atoms with Gasteiger partial charge in [0.15, 0.2) is 0 Å². The minimum Gasteiger partial charge on any atom is -0.477 e.